The van der Waals surface area contributed by atoms with Crippen LogP contribution in [0.1, 0.15) is 55.4 Å². The maximum absolute atomic E-state index is 13.0. The predicted octanol–water partition coefficient (Wildman–Crippen LogP) is 4.57. The summed E-state index contributed by atoms with van der Waals surface area (Å²) >= 11 is 6.46. The summed E-state index contributed by atoms with van der Waals surface area (Å²) in [4.78, 5) is 0. The van der Waals surface area contributed by atoms with Crippen molar-refractivity contribution >= 4 is 18.0 Å². The van der Waals surface area contributed by atoms with Gasteiger partial charge in [-0.3, -0.25) is 4.57 Å². The molecule has 0 unspecified atom stereocenters. The summed E-state index contributed by atoms with van der Waals surface area (Å²) in [5.74, 6) is 0. The first kappa shape index (κ1) is 17.4. The Morgan fingerprint density at radius 3 is 1.00 bits per heavy atom. The molecule has 0 aromatic rings. The predicted molar refractivity (Wildman–Crippen MR) is 77.7 cm³/mol. The molecule has 0 bridgehead atoms. The first-order valence-corrected chi connectivity index (χ1v) is 8.92. The maximum atomic E-state index is 13.0. The van der Waals surface area contributed by atoms with E-state index in [2.05, 4.69) is 0 Å². The molecule has 0 aromatic carbocycles. The Labute approximate surface area is 112 Å². The molecule has 0 aliphatic carbocycles. The lowest BCUT2D eigenvalue weighted by Gasteiger charge is -2.43. The third-order valence-electron chi connectivity index (χ3n) is 2.69. The molecule has 3 nitrogen and oxygen atoms in total. The normalized spacial score (nSPS) is 14.1. The van der Waals surface area contributed by atoms with Crippen LogP contribution in [0, 0.1) is 0 Å². The van der Waals surface area contributed by atoms with Gasteiger partial charge in [-0.05, 0) is 66.6 Å². The Morgan fingerprint density at radius 2 is 0.882 bits per heavy atom. The van der Waals surface area contributed by atoms with Gasteiger partial charge in [0, 0.05) is 24.2 Å². The quantitative estimate of drug-likeness (QED) is 0.667. The molecule has 0 saturated carbocycles. The molecule has 0 aromatic heterocycles. The van der Waals surface area contributed by atoms with E-state index in [0.29, 0.717) is 0 Å². The van der Waals surface area contributed by atoms with Crippen molar-refractivity contribution in [3.05, 3.63) is 0 Å². The minimum atomic E-state index is -3.00. The first-order chi connectivity index (χ1) is 7.53. The number of halogens is 1. The molecule has 0 heterocycles. The van der Waals surface area contributed by atoms with E-state index in [1.54, 1.807) is 0 Å². The summed E-state index contributed by atoms with van der Waals surface area (Å²) in [5.41, 5.74) is 0. The van der Waals surface area contributed by atoms with Gasteiger partial charge in [0.05, 0.1) is 0 Å². The van der Waals surface area contributed by atoms with Crippen LogP contribution >= 0.6 is 18.0 Å². The van der Waals surface area contributed by atoms with Gasteiger partial charge >= 0.3 is 6.80 Å². The molecule has 17 heavy (non-hydrogen) atoms. The fourth-order valence-electron chi connectivity index (χ4n) is 2.45. The van der Waals surface area contributed by atoms with E-state index in [9.17, 15) is 4.57 Å². The minimum absolute atomic E-state index is 0.165. The van der Waals surface area contributed by atoms with Crippen molar-refractivity contribution in [1.82, 2.24) is 9.34 Å². The number of hydrogen-bond donors (Lipinski definition) is 0. The second kappa shape index (κ2) is 6.56. The molecule has 0 aliphatic heterocycles. The van der Waals surface area contributed by atoms with Gasteiger partial charge in [0.25, 0.3) is 0 Å². The lowest BCUT2D eigenvalue weighted by molar-refractivity contribution is 0.235. The number of hydrogen-bond acceptors (Lipinski definition) is 1. The largest absolute Gasteiger partial charge is 0.305 e. The van der Waals surface area contributed by atoms with Crippen LogP contribution in [0.15, 0.2) is 0 Å². The molecule has 0 fully saturated rings. The molecule has 0 spiro atoms. The van der Waals surface area contributed by atoms with E-state index in [1.807, 2.05) is 64.7 Å². The molecule has 0 aliphatic rings. The van der Waals surface area contributed by atoms with Crippen molar-refractivity contribution in [2.75, 3.05) is 0 Å². The van der Waals surface area contributed by atoms with E-state index in [-0.39, 0.29) is 24.2 Å². The summed E-state index contributed by atoms with van der Waals surface area (Å²) in [7, 11) is 0. The summed E-state index contributed by atoms with van der Waals surface area (Å²) in [5, 5.41) is 0. The lowest BCUT2D eigenvalue weighted by Crippen LogP contribution is -2.43. The van der Waals surface area contributed by atoms with Gasteiger partial charge in [-0.2, -0.15) is 0 Å². The average molecular weight is 283 g/mol. The molecule has 0 rings (SSSR count). The monoisotopic (exact) mass is 282 g/mol. The van der Waals surface area contributed by atoms with Crippen molar-refractivity contribution in [3.63, 3.8) is 0 Å². The highest BCUT2D eigenvalue weighted by Crippen LogP contribution is 2.61. The van der Waals surface area contributed by atoms with Gasteiger partial charge in [-0.1, -0.05) is 0 Å². The van der Waals surface area contributed by atoms with Crippen molar-refractivity contribution < 1.29 is 4.57 Å². The van der Waals surface area contributed by atoms with E-state index < -0.39 is 6.80 Å². The third-order valence-corrected chi connectivity index (χ3v) is 6.72. The van der Waals surface area contributed by atoms with Gasteiger partial charge in [0.15, 0.2) is 0 Å². The molecule has 0 radical (unpaired) electrons. The van der Waals surface area contributed by atoms with Gasteiger partial charge in [-0.15, -0.1) is 0 Å². The van der Waals surface area contributed by atoms with E-state index in [0.717, 1.165) is 0 Å². The average Bonchev–Trinajstić information content (AvgIpc) is 1.96. The number of nitrogens with zero attached hydrogens (tertiary/aromatic N) is 2. The number of rotatable bonds is 6. The molecule has 0 N–H and O–H groups in total. The van der Waals surface area contributed by atoms with Crippen molar-refractivity contribution in [3.8, 4) is 0 Å². The third kappa shape index (κ3) is 4.24. The molecular formula is C12H28ClN2OP. The smallest absolute Gasteiger partial charge is 0.271 e. The molecule has 5 heteroatoms. The van der Waals surface area contributed by atoms with Crippen molar-refractivity contribution in [2.24, 2.45) is 0 Å². The summed E-state index contributed by atoms with van der Waals surface area (Å²) in [6, 6.07) is 0.660. The molecule has 0 atom stereocenters. The summed E-state index contributed by atoms with van der Waals surface area (Å²) < 4.78 is 16.8. The summed E-state index contributed by atoms with van der Waals surface area (Å²) in [6.07, 6.45) is 0. The van der Waals surface area contributed by atoms with E-state index in [1.165, 1.54) is 0 Å². The second-order valence-corrected chi connectivity index (χ2v) is 8.80. The topological polar surface area (TPSA) is 23.6 Å². The fourth-order valence-corrected chi connectivity index (χ4v) is 7.06. The van der Waals surface area contributed by atoms with E-state index in [4.69, 9.17) is 11.2 Å². The van der Waals surface area contributed by atoms with Crippen LogP contribution in [-0.2, 0) is 4.57 Å². The van der Waals surface area contributed by atoms with Gasteiger partial charge in [0.1, 0.15) is 0 Å². The van der Waals surface area contributed by atoms with E-state index >= 15 is 0 Å². The van der Waals surface area contributed by atoms with Crippen LogP contribution in [-0.4, -0.2) is 33.5 Å². The Balaban J connectivity index is 5.38. The zero-order valence-corrected chi connectivity index (χ0v) is 14.1. The molecular weight excluding hydrogens is 255 g/mol. The van der Waals surface area contributed by atoms with Crippen LogP contribution in [0.5, 0.6) is 0 Å². The van der Waals surface area contributed by atoms with Crippen molar-refractivity contribution in [1.29, 1.82) is 0 Å². The van der Waals surface area contributed by atoms with Crippen LogP contribution in [0.4, 0.5) is 0 Å². The Morgan fingerprint density at radius 1 is 0.706 bits per heavy atom. The van der Waals surface area contributed by atoms with Gasteiger partial charge in [-0.25, -0.2) is 9.34 Å². The highest BCUT2D eigenvalue weighted by atomic mass is 35.7. The Hall–Kier alpha value is 0.440. The molecule has 0 amide bonds. The van der Waals surface area contributed by atoms with Crippen LogP contribution < -0.4 is 0 Å². The van der Waals surface area contributed by atoms with Crippen LogP contribution in [0.2, 0.25) is 0 Å². The van der Waals surface area contributed by atoms with Crippen molar-refractivity contribution in [2.45, 2.75) is 79.6 Å². The van der Waals surface area contributed by atoms with Gasteiger partial charge < -0.3 is 0 Å². The SMILES string of the molecule is CC(C)N(C(C)C)P(=O)(Cl)N(C(C)C)C(C)C. The van der Waals surface area contributed by atoms with Gasteiger partial charge in [0.2, 0.25) is 0 Å². The lowest BCUT2D eigenvalue weighted by atomic mass is 10.3. The maximum Gasteiger partial charge on any atom is 0.305 e. The Bertz CT molecular complexity index is 240. The first-order valence-electron chi connectivity index (χ1n) is 6.40. The fraction of sp³-hybridized carbons (Fsp3) is 1.00. The highest BCUT2D eigenvalue weighted by Gasteiger charge is 2.41. The second-order valence-electron chi connectivity index (χ2n) is 5.61. The highest BCUT2D eigenvalue weighted by molar-refractivity contribution is 7.85. The molecule has 104 valence electrons. The van der Waals surface area contributed by atoms with Crippen LogP contribution in [0.3, 0.4) is 0 Å². The van der Waals surface area contributed by atoms with Crippen LogP contribution in [0.25, 0.3) is 0 Å². The zero-order chi connectivity index (χ0) is 14.0. The zero-order valence-electron chi connectivity index (χ0n) is 12.4. The Kier molecular flexibility index (Phi) is 6.73. The summed E-state index contributed by atoms with van der Waals surface area (Å²) in [6.45, 7) is 13.3. The molecule has 0 saturated heterocycles. The minimum Gasteiger partial charge on any atom is -0.271 e. The standard InChI is InChI=1S/C12H28ClN2OP/c1-9(2)14(10(3)4)17(13,16)15(11(5)6)12(7)8/h9-12H,1-8H3.